The highest BCUT2D eigenvalue weighted by Crippen LogP contribution is 2.42. The summed E-state index contributed by atoms with van der Waals surface area (Å²) in [5.74, 6) is -0.967. The quantitative estimate of drug-likeness (QED) is 0.245. The van der Waals surface area contributed by atoms with Crippen LogP contribution in [0.2, 0.25) is 0 Å². The molecule has 43 heavy (non-hydrogen) atoms. The van der Waals surface area contributed by atoms with Crippen LogP contribution in [0.5, 0.6) is 11.5 Å². The van der Waals surface area contributed by atoms with Gasteiger partial charge in [-0.1, -0.05) is 36.4 Å². The van der Waals surface area contributed by atoms with E-state index < -0.39 is 35.0 Å². The van der Waals surface area contributed by atoms with Gasteiger partial charge >= 0.3 is 6.09 Å². The first kappa shape index (κ1) is 32.2. The number of ether oxygens (including phenoxy) is 3. The van der Waals surface area contributed by atoms with Crippen molar-refractivity contribution in [3.63, 3.8) is 0 Å². The summed E-state index contributed by atoms with van der Waals surface area (Å²) in [5.41, 5.74) is 0.194. The van der Waals surface area contributed by atoms with E-state index in [1.807, 2.05) is 54.3 Å². The molecular formula is C34H41F3N2O4. The van der Waals surface area contributed by atoms with E-state index in [-0.39, 0.29) is 37.1 Å². The molecule has 1 amide bonds. The number of rotatable bonds is 10. The highest BCUT2D eigenvalue weighted by molar-refractivity contribution is 5.67. The van der Waals surface area contributed by atoms with E-state index in [4.69, 9.17) is 14.2 Å². The predicted molar refractivity (Wildman–Crippen MR) is 160 cm³/mol. The van der Waals surface area contributed by atoms with Gasteiger partial charge in [0.15, 0.2) is 0 Å². The van der Waals surface area contributed by atoms with E-state index in [9.17, 15) is 4.79 Å². The number of carbonyl (C=O) groups excluding carboxylic acids is 1. The van der Waals surface area contributed by atoms with E-state index in [0.717, 1.165) is 23.3 Å². The average Bonchev–Trinajstić information content (AvgIpc) is 2.90. The number of fused-ring (bicyclic) bond motifs is 1. The lowest BCUT2D eigenvalue weighted by Gasteiger charge is -2.44. The number of halogens is 3. The lowest BCUT2D eigenvalue weighted by molar-refractivity contribution is 0.0520. The summed E-state index contributed by atoms with van der Waals surface area (Å²) >= 11 is 0. The van der Waals surface area contributed by atoms with Gasteiger partial charge in [0.05, 0.1) is 12.6 Å². The van der Waals surface area contributed by atoms with Crippen LogP contribution in [0.1, 0.15) is 69.8 Å². The second-order valence-electron chi connectivity index (χ2n) is 12.6. The third kappa shape index (κ3) is 8.89. The zero-order valence-electron chi connectivity index (χ0n) is 25.7. The van der Waals surface area contributed by atoms with Crippen LogP contribution in [0.3, 0.4) is 0 Å². The van der Waals surface area contributed by atoms with E-state index in [0.29, 0.717) is 24.3 Å². The zero-order valence-corrected chi connectivity index (χ0v) is 25.7. The molecule has 9 heteroatoms. The summed E-state index contributed by atoms with van der Waals surface area (Å²) < 4.78 is 63.3. The topological polar surface area (TPSA) is 60.0 Å². The monoisotopic (exact) mass is 598 g/mol. The Hall–Kier alpha value is -3.72. The maximum absolute atomic E-state index is 15.8. The highest BCUT2D eigenvalue weighted by atomic mass is 19.1. The molecule has 232 valence electrons. The van der Waals surface area contributed by atoms with Crippen LogP contribution in [0.25, 0.3) is 0 Å². The number of alkyl halides is 1. The number of nitrogens with one attached hydrogen (secondary N) is 1. The summed E-state index contributed by atoms with van der Waals surface area (Å²) in [6, 6.07) is 16.5. The van der Waals surface area contributed by atoms with Gasteiger partial charge in [-0.2, -0.15) is 0 Å². The Labute approximate surface area is 252 Å². The largest absolute Gasteiger partial charge is 0.492 e. The SMILES string of the molecule is C[C@@H]1Cc2cc(OCc3ccccc3)ccc2[C@@H](c2c(F)cc(OCCNC(=O)OC(C)(C)C)cc2F)N1CC(C)(C)F. The van der Waals surface area contributed by atoms with Crippen molar-refractivity contribution in [3.8, 4) is 11.5 Å². The minimum absolute atomic E-state index is 0.0159. The molecule has 0 aliphatic carbocycles. The molecule has 0 spiro atoms. The van der Waals surface area contributed by atoms with Gasteiger partial charge in [0.2, 0.25) is 0 Å². The predicted octanol–water partition coefficient (Wildman–Crippen LogP) is 7.53. The second kappa shape index (κ2) is 13.3. The summed E-state index contributed by atoms with van der Waals surface area (Å²) in [4.78, 5) is 13.6. The molecule has 3 aromatic rings. The number of carbonyl (C=O) groups is 1. The lowest BCUT2D eigenvalue weighted by Crippen LogP contribution is -2.48. The number of nitrogens with zero attached hydrogens (tertiary/aromatic N) is 1. The van der Waals surface area contributed by atoms with Crippen LogP contribution in [0.4, 0.5) is 18.0 Å². The van der Waals surface area contributed by atoms with Crippen molar-refractivity contribution >= 4 is 6.09 Å². The fraction of sp³-hybridized carbons (Fsp3) is 0.441. The van der Waals surface area contributed by atoms with Crippen molar-refractivity contribution in [3.05, 3.63) is 94.6 Å². The molecule has 4 rings (SSSR count). The molecule has 6 nitrogen and oxygen atoms in total. The Kier molecular flexibility index (Phi) is 9.95. The molecule has 0 unspecified atom stereocenters. The minimum Gasteiger partial charge on any atom is -0.492 e. The normalized spacial score (nSPS) is 17.2. The molecule has 0 radical (unpaired) electrons. The van der Waals surface area contributed by atoms with Crippen molar-refractivity contribution in [2.45, 2.75) is 77.9 Å². The fourth-order valence-corrected chi connectivity index (χ4v) is 5.27. The van der Waals surface area contributed by atoms with Gasteiger partial charge in [-0.15, -0.1) is 0 Å². The number of alkyl carbamates (subject to hydrolysis) is 1. The molecule has 0 bridgehead atoms. The molecule has 3 aromatic carbocycles. The average molecular weight is 599 g/mol. The smallest absolute Gasteiger partial charge is 0.407 e. The number of benzene rings is 3. The van der Waals surface area contributed by atoms with Gasteiger partial charge in [0.1, 0.15) is 47.6 Å². The maximum atomic E-state index is 15.8. The van der Waals surface area contributed by atoms with E-state index in [1.54, 1.807) is 26.8 Å². The molecular weight excluding hydrogens is 557 g/mol. The Morgan fingerprint density at radius 1 is 0.953 bits per heavy atom. The van der Waals surface area contributed by atoms with Crippen molar-refractivity contribution in [1.82, 2.24) is 10.2 Å². The summed E-state index contributed by atoms with van der Waals surface area (Å²) in [6.07, 6.45) is -0.0436. The van der Waals surface area contributed by atoms with Crippen LogP contribution in [-0.2, 0) is 17.8 Å². The second-order valence-corrected chi connectivity index (χ2v) is 12.6. The number of hydrogen-bond donors (Lipinski definition) is 1. The molecule has 1 aliphatic rings. The molecule has 1 heterocycles. The summed E-state index contributed by atoms with van der Waals surface area (Å²) in [5, 5.41) is 2.54. The van der Waals surface area contributed by atoms with Gasteiger partial charge in [-0.25, -0.2) is 18.0 Å². The highest BCUT2D eigenvalue weighted by Gasteiger charge is 2.39. The van der Waals surface area contributed by atoms with Crippen LogP contribution in [0, 0.1) is 11.6 Å². The summed E-state index contributed by atoms with van der Waals surface area (Å²) in [7, 11) is 0. The van der Waals surface area contributed by atoms with Crippen LogP contribution < -0.4 is 14.8 Å². The Morgan fingerprint density at radius 3 is 2.26 bits per heavy atom. The van der Waals surface area contributed by atoms with Gasteiger partial charge in [0, 0.05) is 30.3 Å². The van der Waals surface area contributed by atoms with Gasteiger partial charge in [0.25, 0.3) is 0 Å². The van der Waals surface area contributed by atoms with E-state index in [2.05, 4.69) is 5.32 Å². The Balaban J connectivity index is 1.57. The zero-order chi connectivity index (χ0) is 31.4. The maximum Gasteiger partial charge on any atom is 0.407 e. The van der Waals surface area contributed by atoms with Gasteiger partial charge in [-0.05, 0) is 76.8 Å². The van der Waals surface area contributed by atoms with Crippen molar-refractivity contribution < 1.29 is 32.2 Å². The van der Waals surface area contributed by atoms with Crippen LogP contribution >= 0.6 is 0 Å². The van der Waals surface area contributed by atoms with Crippen LogP contribution in [-0.4, -0.2) is 48.0 Å². The van der Waals surface area contributed by atoms with E-state index >= 15 is 13.2 Å². The van der Waals surface area contributed by atoms with Crippen molar-refractivity contribution in [1.29, 1.82) is 0 Å². The van der Waals surface area contributed by atoms with Crippen molar-refractivity contribution in [2.75, 3.05) is 19.7 Å². The first-order valence-corrected chi connectivity index (χ1v) is 14.5. The molecule has 0 fully saturated rings. The molecule has 0 saturated carbocycles. The Morgan fingerprint density at radius 2 is 1.63 bits per heavy atom. The van der Waals surface area contributed by atoms with Crippen molar-refractivity contribution in [2.24, 2.45) is 0 Å². The first-order chi connectivity index (χ1) is 20.2. The van der Waals surface area contributed by atoms with Gasteiger partial charge < -0.3 is 19.5 Å². The fourth-order valence-electron chi connectivity index (χ4n) is 5.27. The molecule has 0 aromatic heterocycles. The Bertz CT molecular complexity index is 1380. The third-order valence-electron chi connectivity index (χ3n) is 6.99. The third-order valence-corrected chi connectivity index (χ3v) is 6.99. The van der Waals surface area contributed by atoms with Crippen LogP contribution in [0.15, 0.2) is 60.7 Å². The summed E-state index contributed by atoms with van der Waals surface area (Å²) in [6.45, 7) is 10.5. The molecule has 0 saturated heterocycles. The lowest BCUT2D eigenvalue weighted by atomic mass is 9.83. The first-order valence-electron chi connectivity index (χ1n) is 14.5. The van der Waals surface area contributed by atoms with E-state index in [1.165, 1.54) is 13.8 Å². The van der Waals surface area contributed by atoms with Gasteiger partial charge in [-0.3, -0.25) is 4.90 Å². The minimum atomic E-state index is -1.60. The molecule has 1 aliphatic heterocycles. The number of hydrogen-bond acceptors (Lipinski definition) is 5. The number of amides is 1. The molecule has 2 atom stereocenters. The standard InChI is InChI=1S/C34H41F3N2O4/c1-22-16-24-17-25(42-20-23-10-8-7-9-11-23)12-13-27(24)31(39(22)21-34(5,6)37)30-28(35)18-26(19-29(30)36)41-15-14-38-32(40)43-33(2,3)4/h7-13,17-19,22,31H,14-16,20-21H2,1-6H3,(H,38,40)/t22-,31+/m1/s1. The molecule has 1 N–H and O–H groups in total.